The number of hydrogen-bond acceptors (Lipinski definition) is 2. The summed E-state index contributed by atoms with van der Waals surface area (Å²) in [4.78, 5) is 11.5. The number of carbonyl (C=O) groups is 1. The van der Waals surface area contributed by atoms with Gasteiger partial charge in [0, 0.05) is 6.92 Å². The number of fused-ring (bicyclic) bond motifs is 2. The second-order valence-electron chi connectivity index (χ2n) is 12.3. The molecule has 0 heterocycles. The highest BCUT2D eigenvalue weighted by Gasteiger charge is 2.80. The van der Waals surface area contributed by atoms with Crippen LogP contribution in [0.5, 0.6) is 0 Å². The van der Waals surface area contributed by atoms with Gasteiger partial charge in [0.1, 0.15) is 6.10 Å². The largest absolute Gasteiger partial charge is 0.463 e. The van der Waals surface area contributed by atoms with Crippen molar-refractivity contribution in [3.63, 3.8) is 0 Å². The van der Waals surface area contributed by atoms with E-state index in [-0.39, 0.29) is 12.1 Å². The SMILES string of the molecule is CC(=O)O[C@H]1CC[C@]23C[C@]24CC[C@]2(C)[C@@H]([C@H](C)CCI)CC[C@@]2(C)[C@@H]4CC[C@H]3C1. The average molecular weight is 513 g/mol. The lowest BCUT2D eigenvalue weighted by atomic mass is 9.43. The fourth-order valence-electron chi connectivity index (χ4n) is 10.3. The van der Waals surface area contributed by atoms with Crippen molar-refractivity contribution >= 4 is 28.6 Å². The standard InChI is InChI=1S/C26H41IO2/c1-17(9-14-27)21-8-10-24(4)22-6-5-19-15-20(29-18(2)28)7-11-25(19)16-26(22,25)13-12-23(21,24)3/h17,19-22H,5-16H2,1-4H3/t17-,19+,20+,21-,22+,23-,24+,25-,26+/m1/s1. The predicted molar refractivity (Wildman–Crippen MR) is 126 cm³/mol. The van der Waals surface area contributed by atoms with Gasteiger partial charge in [0.25, 0.3) is 0 Å². The molecular weight excluding hydrogens is 471 g/mol. The van der Waals surface area contributed by atoms with Gasteiger partial charge in [-0.2, -0.15) is 0 Å². The summed E-state index contributed by atoms with van der Waals surface area (Å²) < 4.78 is 6.98. The van der Waals surface area contributed by atoms with Crippen molar-refractivity contribution < 1.29 is 9.53 Å². The molecule has 5 fully saturated rings. The molecule has 2 nitrogen and oxygen atoms in total. The van der Waals surface area contributed by atoms with Crippen molar-refractivity contribution in [2.75, 3.05) is 4.43 Å². The number of carbonyl (C=O) groups excluding carboxylic acids is 1. The number of alkyl halides is 1. The lowest BCUT2D eigenvalue weighted by Crippen LogP contribution is -2.55. The molecule has 0 N–H and O–H groups in total. The van der Waals surface area contributed by atoms with Gasteiger partial charge in [-0.15, -0.1) is 0 Å². The summed E-state index contributed by atoms with van der Waals surface area (Å²) in [5.74, 6) is 3.51. The molecule has 2 spiro atoms. The van der Waals surface area contributed by atoms with E-state index in [2.05, 4.69) is 43.4 Å². The molecule has 0 amide bonds. The molecule has 0 bridgehead atoms. The molecule has 164 valence electrons. The lowest BCUT2D eigenvalue weighted by Gasteiger charge is -2.61. The molecule has 5 aliphatic rings. The number of halogens is 1. The first kappa shape index (κ1) is 21.1. The molecule has 0 aliphatic heterocycles. The molecule has 0 aromatic heterocycles. The van der Waals surface area contributed by atoms with Crippen LogP contribution in [0.25, 0.3) is 0 Å². The zero-order valence-corrected chi connectivity index (χ0v) is 21.2. The average Bonchev–Trinajstić information content (AvgIpc) is 3.24. The van der Waals surface area contributed by atoms with Crippen LogP contribution in [-0.4, -0.2) is 16.5 Å². The van der Waals surface area contributed by atoms with Gasteiger partial charge in [-0.3, -0.25) is 4.79 Å². The third-order valence-corrected chi connectivity index (χ3v) is 12.4. The second kappa shape index (κ2) is 6.85. The quantitative estimate of drug-likeness (QED) is 0.227. The molecule has 0 unspecified atom stereocenters. The van der Waals surface area contributed by atoms with E-state index in [4.69, 9.17) is 4.74 Å². The van der Waals surface area contributed by atoms with Gasteiger partial charge in [-0.1, -0.05) is 43.4 Å². The minimum atomic E-state index is -0.0799. The summed E-state index contributed by atoms with van der Waals surface area (Å²) >= 11 is 2.58. The Hall–Kier alpha value is 0.200. The highest BCUT2D eigenvalue weighted by atomic mass is 127. The minimum Gasteiger partial charge on any atom is -0.463 e. The van der Waals surface area contributed by atoms with Gasteiger partial charge in [-0.05, 0) is 120 Å². The van der Waals surface area contributed by atoms with E-state index in [1.807, 2.05) is 0 Å². The summed E-state index contributed by atoms with van der Waals surface area (Å²) in [7, 11) is 0. The number of hydrogen-bond donors (Lipinski definition) is 0. The Kier molecular flexibility index (Phi) is 4.97. The van der Waals surface area contributed by atoms with E-state index in [1.165, 1.54) is 62.2 Å². The highest BCUT2D eigenvalue weighted by Crippen LogP contribution is 2.87. The fourth-order valence-corrected chi connectivity index (χ4v) is 11.3. The van der Waals surface area contributed by atoms with Crippen LogP contribution in [0.3, 0.4) is 0 Å². The molecule has 5 saturated carbocycles. The second-order valence-corrected chi connectivity index (χ2v) is 13.3. The summed E-state index contributed by atoms with van der Waals surface area (Å²) in [6.07, 6.45) is 15.4. The Morgan fingerprint density at radius 1 is 1.03 bits per heavy atom. The van der Waals surface area contributed by atoms with E-state index in [9.17, 15) is 4.79 Å². The van der Waals surface area contributed by atoms with Crippen LogP contribution in [0.1, 0.15) is 98.3 Å². The zero-order valence-electron chi connectivity index (χ0n) is 19.1. The first-order valence-corrected chi connectivity index (χ1v) is 14.0. The van der Waals surface area contributed by atoms with Gasteiger partial charge >= 0.3 is 5.97 Å². The van der Waals surface area contributed by atoms with Crippen molar-refractivity contribution in [2.24, 2.45) is 45.3 Å². The molecule has 0 saturated heterocycles. The molecule has 0 aromatic rings. The van der Waals surface area contributed by atoms with Gasteiger partial charge in [0.05, 0.1) is 0 Å². The van der Waals surface area contributed by atoms with Crippen LogP contribution in [-0.2, 0) is 9.53 Å². The van der Waals surface area contributed by atoms with Crippen molar-refractivity contribution in [1.29, 1.82) is 0 Å². The van der Waals surface area contributed by atoms with E-state index in [0.717, 1.165) is 36.5 Å². The number of rotatable bonds is 4. The lowest BCUT2D eigenvalue weighted by molar-refractivity contribution is -0.156. The monoisotopic (exact) mass is 512 g/mol. The fraction of sp³-hybridized carbons (Fsp3) is 0.962. The predicted octanol–water partition coefficient (Wildman–Crippen LogP) is 7.18. The molecule has 5 aliphatic carbocycles. The van der Waals surface area contributed by atoms with Crippen LogP contribution in [0.15, 0.2) is 0 Å². The molecule has 5 rings (SSSR count). The smallest absolute Gasteiger partial charge is 0.302 e. The molecule has 29 heavy (non-hydrogen) atoms. The Morgan fingerprint density at radius 3 is 2.55 bits per heavy atom. The molecule has 0 radical (unpaired) electrons. The topological polar surface area (TPSA) is 26.3 Å². The molecule has 9 atom stereocenters. The van der Waals surface area contributed by atoms with Crippen LogP contribution < -0.4 is 0 Å². The van der Waals surface area contributed by atoms with Crippen molar-refractivity contribution in [1.82, 2.24) is 0 Å². The van der Waals surface area contributed by atoms with Gasteiger partial charge in [-0.25, -0.2) is 0 Å². The maximum Gasteiger partial charge on any atom is 0.302 e. The third kappa shape index (κ3) is 2.67. The molecule has 0 aromatic carbocycles. The van der Waals surface area contributed by atoms with E-state index >= 15 is 0 Å². The summed E-state index contributed by atoms with van der Waals surface area (Å²) in [6, 6.07) is 0. The Bertz CT molecular complexity index is 692. The normalized spacial score (nSPS) is 53.8. The molecule has 3 heteroatoms. The summed E-state index contributed by atoms with van der Waals surface area (Å²) in [5, 5.41) is 0. The maximum atomic E-state index is 11.5. The number of esters is 1. The van der Waals surface area contributed by atoms with Crippen molar-refractivity contribution in [2.45, 2.75) is 104 Å². The van der Waals surface area contributed by atoms with Crippen molar-refractivity contribution in [3.05, 3.63) is 0 Å². The van der Waals surface area contributed by atoms with Crippen LogP contribution in [0, 0.1) is 45.3 Å². The first-order valence-electron chi connectivity index (χ1n) is 12.5. The maximum absolute atomic E-state index is 11.5. The van der Waals surface area contributed by atoms with E-state index in [0.29, 0.717) is 21.7 Å². The van der Waals surface area contributed by atoms with Gasteiger partial charge in [0.15, 0.2) is 0 Å². The zero-order chi connectivity index (χ0) is 20.7. The van der Waals surface area contributed by atoms with Crippen LogP contribution >= 0.6 is 22.6 Å². The van der Waals surface area contributed by atoms with Crippen LogP contribution in [0.2, 0.25) is 0 Å². The van der Waals surface area contributed by atoms with Gasteiger partial charge in [0.2, 0.25) is 0 Å². The van der Waals surface area contributed by atoms with E-state index in [1.54, 1.807) is 6.92 Å². The third-order valence-electron chi connectivity index (χ3n) is 11.8. The first-order chi connectivity index (χ1) is 13.7. The summed E-state index contributed by atoms with van der Waals surface area (Å²) in [5.41, 5.74) is 2.37. The van der Waals surface area contributed by atoms with Crippen molar-refractivity contribution in [3.8, 4) is 0 Å². The minimum absolute atomic E-state index is 0.0799. The number of ether oxygens (including phenoxy) is 1. The summed E-state index contributed by atoms with van der Waals surface area (Å²) in [6.45, 7) is 9.57. The Labute approximate surface area is 191 Å². The molecular formula is C26H41IO2. The van der Waals surface area contributed by atoms with E-state index < -0.39 is 0 Å². The Morgan fingerprint density at radius 2 is 1.83 bits per heavy atom. The highest BCUT2D eigenvalue weighted by molar-refractivity contribution is 14.1. The van der Waals surface area contributed by atoms with Crippen LogP contribution in [0.4, 0.5) is 0 Å². The van der Waals surface area contributed by atoms with Gasteiger partial charge < -0.3 is 4.74 Å². The Balaban J connectivity index is 1.40.